The van der Waals surface area contributed by atoms with Crippen molar-refractivity contribution < 1.29 is 27.4 Å². The lowest BCUT2D eigenvalue weighted by Crippen LogP contribution is -2.07. The van der Waals surface area contributed by atoms with Gasteiger partial charge in [-0.2, -0.15) is 23.4 Å². The van der Waals surface area contributed by atoms with Crippen molar-refractivity contribution in [3.63, 3.8) is 0 Å². The van der Waals surface area contributed by atoms with Gasteiger partial charge >= 0.3 is 12.1 Å². The Hall–Kier alpha value is -3.54. The maximum atomic E-state index is 13.0. The molecule has 0 amide bonds. The number of nitrogens with one attached hydrogen (secondary N) is 1. The fourth-order valence-electron chi connectivity index (χ4n) is 2.32. The van der Waals surface area contributed by atoms with Crippen molar-refractivity contribution in [2.75, 3.05) is 7.11 Å². The number of ether oxygens (including phenoxy) is 2. The second-order valence-corrected chi connectivity index (χ2v) is 5.19. The Morgan fingerprint density at radius 1 is 1.27 bits per heavy atom. The molecule has 1 aromatic heterocycles. The molecule has 26 heavy (non-hydrogen) atoms. The number of benzene rings is 2. The van der Waals surface area contributed by atoms with Gasteiger partial charge < -0.3 is 14.5 Å². The number of hydrogen-bond acceptors (Lipinski definition) is 5. The zero-order valence-electron chi connectivity index (χ0n) is 13.2. The number of esters is 1. The lowest BCUT2D eigenvalue weighted by Gasteiger charge is -2.07. The van der Waals surface area contributed by atoms with E-state index in [4.69, 9.17) is 10.00 Å². The predicted octanol–water partition coefficient (Wildman–Crippen LogP) is 4.03. The number of carbonyl (C=O) groups excluding carboxylic acids is 1. The Balaban J connectivity index is 1.98. The van der Waals surface area contributed by atoms with Crippen molar-refractivity contribution in [3.8, 4) is 17.8 Å². The first kappa shape index (κ1) is 17.3. The monoisotopic (exact) mass is 361 g/mol. The number of rotatable bonds is 3. The third kappa shape index (κ3) is 3.30. The number of H-pyrrole nitrogens is 1. The molecule has 0 unspecified atom stereocenters. The summed E-state index contributed by atoms with van der Waals surface area (Å²) in [6, 6.07) is 9.30. The number of nitrogens with zero attached hydrogens (tertiary/aromatic N) is 2. The number of alkyl halides is 3. The van der Waals surface area contributed by atoms with Crippen molar-refractivity contribution in [2.45, 2.75) is 6.18 Å². The lowest BCUT2D eigenvalue weighted by molar-refractivity contribution is -0.137. The number of nitriles is 1. The second-order valence-electron chi connectivity index (χ2n) is 5.19. The molecule has 0 saturated heterocycles. The van der Waals surface area contributed by atoms with Crippen LogP contribution in [0.2, 0.25) is 0 Å². The van der Waals surface area contributed by atoms with E-state index in [1.54, 1.807) is 12.1 Å². The van der Waals surface area contributed by atoms with Gasteiger partial charge in [0, 0.05) is 0 Å². The lowest BCUT2D eigenvalue weighted by atomic mass is 10.1. The normalized spacial score (nSPS) is 11.2. The Bertz CT molecular complexity index is 1040. The molecule has 0 aliphatic rings. The largest absolute Gasteiger partial charge is 0.465 e. The van der Waals surface area contributed by atoms with E-state index >= 15 is 0 Å². The van der Waals surface area contributed by atoms with Crippen molar-refractivity contribution in [1.29, 1.82) is 5.26 Å². The number of methoxy groups -OCH3 is 1. The summed E-state index contributed by atoms with van der Waals surface area (Å²) in [4.78, 5) is 18.2. The van der Waals surface area contributed by atoms with E-state index in [0.29, 0.717) is 0 Å². The smallest absolute Gasteiger partial charge is 0.417 e. The number of aromatic nitrogens is 2. The maximum absolute atomic E-state index is 13.0. The predicted molar refractivity (Wildman–Crippen MR) is 83.7 cm³/mol. The van der Waals surface area contributed by atoms with Crippen molar-refractivity contribution in [3.05, 3.63) is 53.1 Å². The summed E-state index contributed by atoms with van der Waals surface area (Å²) < 4.78 is 49.1. The molecule has 9 heteroatoms. The molecule has 1 heterocycles. The van der Waals surface area contributed by atoms with Crippen LogP contribution in [0.1, 0.15) is 21.5 Å². The van der Waals surface area contributed by atoms with E-state index in [0.717, 1.165) is 12.1 Å². The summed E-state index contributed by atoms with van der Waals surface area (Å²) in [7, 11) is 1.24. The molecule has 2 aromatic carbocycles. The van der Waals surface area contributed by atoms with Crippen LogP contribution in [0, 0.1) is 11.3 Å². The number of hydrogen-bond donors (Lipinski definition) is 1. The fraction of sp³-hybridized carbons (Fsp3) is 0.118. The van der Waals surface area contributed by atoms with Crippen LogP contribution >= 0.6 is 0 Å². The SMILES string of the molecule is COC(=O)c1cccc(Oc2nc3cc(C#N)c(C(F)(F)F)cc3[nH]2)c1. The minimum atomic E-state index is -4.67. The van der Waals surface area contributed by atoms with Crippen molar-refractivity contribution in [1.82, 2.24) is 9.97 Å². The van der Waals surface area contributed by atoms with Crippen LogP contribution < -0.4 is 4.74 Å². The average molecular weight is 361 g/mol. The molecule has 0 bridgehead atoms. The minimum Gasteiger partial charge on any atom is -0.465 e. The molecule has 0 spiro atoms. The third-order valence-corrected chi connectivity index (χ3v) is 3.49. The van der Waals surface area contributed by atoms with Gasteiger partial charge in [-0.05, 0) is 30.3 Å². The van der Waals surface area contributed by atoms with Gasteiger partial charge in [0.05, 0.1) is 40.9 Å². The molecule has 0 aliphatic heterocycles. The summed E-state index contributed by atoms with van der Waals surface area (Å²) in [5.74, 6) is -0.322. The highest BCUT2D eigenvalue weighted by atomic mass is 19.4. The summed E-state index contributed by atoms with van der Waals surface area (Å²) in [5.41, 5.74) is -1.14. The first-order valence-corrected chi connectivity index (χ1v) is 7.19. The van der Waals surface area contributed by atoms with Gasteiger partial charge in [0.25, 0.3) is 6.01 Å². The van der Waals surface area contributed by atoms with Crippen LogP contribution in [0.15, 0.2) is 36.4 Å². The molecule has 0 atom stereocenters. The van der Waals surface area contributed by atoms with E-state index in [1.165, 1.54) is 25.3 Å². The summed E-state index contributed by atoms with van der Waals surface area (Å²) in [6.07, 6.45) is -4.67. The molecule has 0 radical (unpaired) electrons. The summed E-state index contributed by atoms with van der Waals surface area (Å²) in [5, 5.41) is 8.93. The Labute approximate surface area is 144 Å². The van der Waals surface area contributed by atoms with E-state index in [2.05, 4.69) is 14.7 Å². The van der Waals surface area contributed by atoms with Gasteiger partial charge in [-0.25, -0.2) is 4.79 Å². The molecule has 6 nitrogen and oxygen atoms in total. The molecular formula is C17H10F3N3O3. The fourth-order valence-corrected chi connectivity index (χ4v) is 2.32. The standard InChI is InChI=1S/C17H10F3N3O3/c1-25-15(24)9-3-2-4-11(5-9)26-16-22-13-6-10(8-21)12(17(18,19)20)7-14(13)23-16/h2-7H,1H3,(H,22,23). The second kappa shape index (κ2) is 6.40. The highest BCUT2D eigenvalue weighted by molar-refractivity contribution is 5.89. The van der Waals surface area contributed by atoms with Gasteiger partial charge in [-0.1, -0.05) is 6.07 Å². The van der Waals surface area contributed by atoms with Crippen LogP contribution in [0.4, 0.5) is 13.2 Å². The van der Waals surface area contributed by atoms with Crippen molar-refractivity contribution in [2.24, 2.45) is 0 Å². The van der Waals surface area contributed by atoms with E-state index < -0.39 is 23.3 Å². The molecule has 0 fully saturated rings. The van der Waals surface area contributed by atoms with Crippen LogP contribution in [-0.2, 0) is 10.9 Å². The van der Waals surface area contributed by atoms with Gasteiger partial charge in [0.15, 0.2) is 0 Å². The first-order chi connectivity index (χ1) is 12.3. The molecule has 3 rings (SSSR count). The Morgan fingerprint density at radius 3 is 2.69 bits per heavy atom. The van der Waals surface area contributed by atoms with Crippen LogP contribution in [-0.4, -0.2) is 23.0 Å². The van der Waals surface area contributed by atoms with E-state index in [-0.39, 0.29) is 28.4 Å². The molecule has 0 aliphatic carbocycles. The Morgan fingerprint density at radius 2 is 2.04 bits per heavy atom. The third-order valence-electron chi connectivity index (χ3n) is 3.49. The number of imidazole rings is 1. The molecule has 1 N–H and O–H groups in total. The Kier molecular flexibility index (Phi) is 4.26. The molecule has 3 aromatic rings. The number of aromatic amines is 1. The first-order valence-electron chi connectivity index (χ1n) is 7.19. The summed E-state index contributed by atoms with van der Waals surface area (Å²) >= 11 is 0. The number of halogens is 3. The molecule has 0 saturated carbocycles. The average Bonchev–Trinajstić information content (AvgIpc) is 3.00. The highest BCUT2D eigenvalue weighted by Crippen LogP contribution is 2.34. The quantitative estimate of drug-likeness (QED) is 0.712. The van der Waals surface area contributed by atoms with E-state index in [9.17, 15) is 18.0 Å². The van der Waals surface area contributed by atoms with Gasteiger partial charge in [0.1, 0.15) is 5.75 Å². The molecular weight excluding hydrogens is 351 g/mol. The van der Waals surface area contributed by atoms with Gasteiger partial charge in [-0.3, -0.25) is 0 Å². The highest BCUT2D eigenvalue weighted by Gasteiger charge is 2.34. The minimum absolute atomic E-state index is 0.0652. The van der Waals surface area contributed by atoms with Crippen LogP contribution in [0.25, 0.3) is 11.0 Å². The number of carbonyl (C=O) groups is 1. The van der Waals surface area contributed by atoms with Gasteiger partial charge in [0.2, 0.25) is 0 Å². The molecule has 132 valence electrons. The summed E-state index contributed by atoms with van der Waals surface area (Å²) in [6.45, 7) is 0. The van der Waals surface area contributed by atoms with E-state index in [1.807, 2.05) is 0 Å². The van der Waals surface area contributed by atoms with Crippen LogP contribution in [0.3, 0.4) is 0 Å². The number of fused-ring (bicyclic) bond motifs is 1. The van der Waals surface area contributed by atoms with Crippen molar-refractivity contribution >= 4 is 17.0 Å². The van der Waals surface area contributed by atoms with Gasteiger partial charge in [-0.15, -0.1) is 0 Å². The zero-order chi connectivity index (χ0) is 18.9. The zero-order valence-corrected chi connectivity index (χ0v) is 13.2. The topological polar surface area (TPSA) is 88.0 Å². The maximum Gasteiger partial charge on any atom is 0.417 e. The van der Waals surface area contributed by atoms with Crippen LogP contribution in [0.5, 0.6) is 11.8 Å².